The maximum absolute atomic E-state index is 2.20. The normalized spacial score (nSPS) is 13.9. The van der Waals surface area contributed by atoms with Crippen LogP contribution < -0.4 is 0 Å². The van der Waals surface area contributed by atoms with Crippen molar-refractivity contribution in [1.29, 1.82) is 0 Å². The summed E-state index contributed by atoms with van der Waals surface area (Å²) in [6.45, 7) is 4.36. The van der Waals surface area contributed by atoms with Gasteiger partial charge in [-0.05, 0) is 0 Å². The number of unbranched alkanes of at least 4 members (excludes halogenated alkanes) is 1. The summed E-state index contributed by atoms with van der Waals surface area (Å²) in [6.07, 6.45) is 10.4. The van der Waals surface area contributed by atoms with E-state index in [0.717, 1.165) is 0 Å². The summed E-state index contributed by atoms with van der Waals surface area (Å²) in [7, 11) is 0. The standard InChI is InChI=1S/C5H5.C4H10.Hf/c1-2-4-5-3-1;1-3-4-2;/h1-3H,4H2;3-4H2,1-2H3;. The second-order valence-corrected chi connectivity index (χ2v) is 4.63. The topological polar surface area (TPSA) is 0 Å². The zero-order chi connectivity index (χ0) is 7.82. The molecule has 10 heavy (non-hydrogen) atoms. The Morgan fingerprint density at radius 2 is 2.00 bits per heavy atom. The molecule has 0 amide bonds. The van der Waals surface area contributed by atoms with E-state index in [9.17, 15) is 0 Å². The molecule has 0 fully saturated rings. The predicted octanol–water partition coefficient (Wildman–Crippen LogP) is 3.18. The van der Waals surface area contributed by atoms with Gasteiger partial charge in [0.05, 0.1) is 0 Å². The first-order chi connectivity index (χ1) is 4.81. The van der Waals surface area contributed by atoms with Crippen LogP contribution >= 0.6 is 0 Å². The summed E-state index contributed by atoms with van der Waals surface area (Å²) >= 11 is 1.25. The average molecular weight is 302 g/mol. The molecule has 0 aromatic heterocycles. The molecule has 0 heterocycles. The van der Waals surface area contributed by atoms with Crippen molar-refractivity contribution in [1.82, 2.24) is 0 Å². The van der Waals surface area contributed by atoms with Gasteiger partial charge in [0.25, 0.3) is 0 Å². The number of hydrogen-bond donors (Lipinski definition) is 0. The van der Waals surface area contributed by atoms with E-state index in [1.165, 1.54) is 43.6 Å². The molecule has 55 valence electrons. The van der Waals surface area contributed by atoms with Gasteiger partial charge in [-0.3, -0.25) is 0 Å². The summed E-state index contributed by atoms with van der Waals surface area (Å²) in [5, 5.41) is 0. The van der Waals surface area contributed by atoms with E-state index >= 15 is 0 Å². The molecule has 0 atom stereocenters. The van der Waals surface area contributed by atoms with Crippen LogP contribution in [0.4, 0.5) is 0 Å². The van der Waals surface area contributed by atoms with Crippen LogP contribution in [0.2, 0.25) is 0 Å². The molecule has 0 unspecified atom stereocenters. The summed E-state index contributed by atoms with van der Waals surface area (Å²) in [5.74, 6) is 0. The second kappa shape index (κ2) is 7.46. The molecule has 1 aliphatic carbocycles. The van der Waals surface area contributed by atoms with E-state index in [0.29, 0.717) is 0 Å². The number of hydrogen-bond acceptors (Lipinski definition) is 0. The fourth-order valence-electron chi connectivity index (χ4n) is 0.447. The van der Waals surface area contributed by atoms with Crippen LogP contribution in [0.5, 0.6) is 0 Å². The Balaban J connectivity index is 0.000000180. The molecular weight excluding hydrogens is 287 g/mol. The van der Waals surface area contributed by atoms with Crippen molar-refractivity contribution in [3.05, 3.63) is 21.6 Å². The van der Waals surface area contributed by atoms with Crippen LogP contribution in [0.1, 0.15) is 33.1 Å². The molecule has 0 radical (unpaired) electrons. The van der Waals surface area contributed by atoms with E-state index in [4.69, 9.17) is 0 Å². The minimum atomic E-state index is 1.23. The van der Waals surface area contributed by atoms with E-state index in [1.54, 1.807) is 3.33 Å². The van der Waals surface area contributed by atoms with Crippen molar-refractivity contribution in [2.24, 2.45) is 0 Å². The van der Waals surface area contributed by atoms with Gasteiger partial charge in [0.15, 0.2) is 0 Å². The van der Waals surface area contributed by atoms with E-state index in [1.807, 2.05) is 0 Å². The molecule has 0 nitrogen and oxygen atoms in total. The summed E-state index contributed by atoms with van der Waals surface area (Å²) < 4.78 is 1.61. The first kappa shape index (κ1) is 10.4. The van der Waals surface area contributed by atoms with Crippen molar-refractivity contribution in [3.8, 4) is 0 Å². The Morgan fingerprint density at radius 3 is 2.10 bits per heavy atom. The van der Waals surface area contributed by atoms with E-state index in [-0.39, 0.29) is 0 Å². The van der Waals surface area contributed by atoms with Gasteiger partial charge in [0.2, 0.25) is 0 Å². The Kier molecular flexibility index (Phi) is 7.72. The molecule has 0 bridgehead atoms. The van der Waals surface area contributed by atoms with Crippen LogP contribution in [0.3, 0.4) is 0 Å². The molecule has 0 aromatic rings. The van der Waals surface area contributed by atoms with Gasteiger partial charge < -0.3 is 0 Å². The van der Waals surface area contributed by atoms with Crippen LogP contribution in [0.25, 0.3) is 0 Å². The number of rotatable bonds is 1. The first-order valence-corrected chi connectivity index (χ1v) is 5.68. The zero-order valence-corrected chi connectivity index (χ0v) is 10.4. The fourth-order valence-corrected chi connectivity index (χ4v) is 1.22. The van der Waals surface area contributed by atoms with Crippen molar-refractivity contribution in [2.45, 2.75) is 33.1 Å². The third kappa shape index (κ3) is 6.47. The van der Waals surface area contributed by atoms with Crippen LogP contribution in [-0.2, 0) is 24.4 Å². The second-order valence-electron chi connectivity index (χ2n) is 2.32. The first-order valence-electron chi connectivity index (χ1n) is 3.88. The molecule has 0 N–H and O–H groups in total. The summed E-state index contributed by atoms with van der Waals surface area (Å²) in [6, 6.07) is 0. The van der Waals surface area contributed by atoms with Crippen molar-refractivity contribution in [3.63, 3.8) is 0 Å². The van der Waals surface area contributed by atoms with Gasteiger partial charge in [0, 0.05) is 0 Å². The summed E-state index contributed by atoms with van der Waals surface area (Å²) in [5.41, 5.74) is 0. The molecular formula is C9H15Hf. The molecule has 1 rings (SSSR count). The monoisotopic (exact) mass is 303 g/mol. The molecule has 0 spiro atoms. The van der Waals surface area contributed by atoms with Gasteiger partial charge in [-0.2, -0.15) is 0 Å². The van der Waals surface area contributed by atoms with Gasteiger partial charge >= 0.3 is 52.4 Å². The molecule has 0 saturated carbocycles. The SMILES string of the molecule is CCCC.[Hf][C]1=CC=CC1. The zero-order valence-electron chi connectivity index (χ0n) is 6.85. The van der Waals surface area contributed by atoms with Crippen LogP contribution in [0, 0.1) is 0 Å². The van der Waals surface area contributed by atoms with Crippen molar-refractivity contribution < 1.29 is 24.4 Å². The quantitative estimate of drug-likeness (QED) is 0.653. The van der Waals surface area contributed by atoms with Gasteiger partial charge in [-0.25, -0.2) is 0 Å². The van der Waals surface area contributed by atoms with E-state index < -0.39 is 0 Å². The van der Waals surface area contributed by atoms with Gasteiger partial charge in [0.1, 0.15) is 0 Å². The fraction of sp³-hybridized carbons (Fsp3) is 0.556. The Labute approximate surface area is 79.0 Å². The molecule has 1 heteroatoms. The Morgan fingerprint density at radius 1 is 1.40 bits per heavy atom. The summed E-state index contributed by atoms with van der Waals surface area (Å²) in [4.78, 5) is 0. The molecule has 0 aromatic carbocycles. The van der Waals surface area contributed by atoms with Gasteiger partial charge in [-0.15, -0.1) is 0 Å². The molecule has 0 saturated heterocycles. The van der Waals surface area contributed by atoms with Crippen LogP contribution in [0.15, 0.2) is 21.6 Å². The minimum absolute atomic E-state index is 1.23. The average Bonchev–Trinajstić information content (AvgIpc) is 2.40. The van der Waals surface area contributed by atoms with Crippen molar-refractivity contribution in [2.75, 3.05) is 0 Å². The van der Waals surface area contributed by atoms with Crippen LogP contribution in [-0.4, -0.2) is 0 Å². The third-order valence-corrected chi connectivity index (χ3v) is 2.60. The predicted molar refractivity (Wildman–Crippen MR) is 42.4 cm³/mol. The van der Waals surface area contributed by atoms with E-state index in [2.05, 4.69) is 32.1 Å². The molecule has 1 aliphatic rings. The Bertz CT molecular complexity index is 121. The molecule has 0 aliphatic heterocycles. The van der Waals surface area contributed by atoms with Crippen molar-refractivity contribution >= 4 is 0 Å². The maximum atomic E-state index is 2.20. The number of allylic oxidation sites excluding steroid dienone is 4. The Hall–Kier alpha value is 0.350. The third-order valence-electron chi connectivity index (χ3n) is 1.27. The van der Waals surface area contributed by atoms with Gasteiger partial charge in [-0.1, -0.05) is 26.7 Å².